The van der Waals surface area contributed by atoms with Gasteiger partial charge in [0.05, 0.1) is 11.1 Å². The highest BCUT2D eigenvalue weighted by atomic mass is 16.2. The van der Waals surface area contributed by atoms with Gasteiger partial charge in [0.1, 0.15) is 0 Å². The summed E-state index contributed by atoms with van der Waals surface area (Å²) in [6, 6.07) is 14.7. The number of rotatable bonds is 7. The van der Waals surface area contributed by atoms with E-state index in [0.717, 1.165) is 38.0 Å². The first-order valence-corrected chi connectivity index (χ1v) is 11.6. The van der Waals surface area contributed by atoms with Gasteiger partial charge in [-0.05, 0) is 56.9 Å². The summed E-state index contributed by atoms with van der Waals surface area (Å²) < 4.78 is 0. The van der Waals surface area contributed by atoms with Gasteiger partial charge in [-0.2, -0.15) is 0 Å². The van der Waals surface area contributed by atoms with Crippen molar-refractivity contribution in [2.45, 2.75) is 39.2 Å². The maximum atomic E-state index is 12.9. The molecule has 2 aliphatic heterocycles. The van der Waals surface area contributed by atoms with E-state index in [9.17, 15) is 14.4 Å². The molecule has 3 amide bonds. The number of benzene rings is 2. The van der Waals surface area contributed by atoms with Crippen LogP contribution in [0.5, 0.6) is 0 Å². The summed E-state index contributed by atoms with van der Waals surface area (Å²) in [7, 11) is 0. The van der Waals surface area contributed by atoms with Crippen LogP contribution in [-0.2, 0) is 6.42 Å². The number of carbonyl (C=O) groups excluding carboxylic acids is 3. The van der Waals surface area contributed by atoms with Crippen LogP contribution in [-0.4, -0.2) is 59.7 Å². The lowest BCUT2D eigenvalue weighted by Crippen LogP contribution is -2.44. The van der Waals surface area contributed by atoms with E-state index < -0.39 is 0 Å². The zero-order valence-electron chi connectivity index (χ0n) is 19.3. The highest BCUT2D eigenvalue weighted by Gasteiger charge is 2.35. The summed E-state index contributed by atoms with van der Waals surface area (Å²) in [5, 5.41) is 3.10. The number of allylic oxidation sites excluding steroid dienone is 1. The van der Waals surface area contributed by atoms with Crippen LogP contribution in [0.4, 0.5) is 0 Å². The van der Waals surface area contributed by atoms with Gasteiger partial charge in [0.15, 0.2) is 0 Å². The Balaban J connectivity index is 1.35. The Morgan fingerprint density at radius 2 is 1.70 bits per heavy atom. The normalized spacial score (nSPS) is 16.6. The Morgan fingerprint density at radius 1 is 1.00 bits per heavy atom. The lowest BCUT2D eigenvalue weighted by molar-refractivity contribution is 0.0656. The highest BCUT2D eigenvalue weighted by molar-refractivity contribution is 6.22. The molecule has 0 radical (unpaired) electrons. The summed E-state index contributed by atoms with van der Waals surface area (Å²) in [6.45, 7) is 7.37. The van der Waals surface area contributed by atoms with Crippen LogP contribution in [0.1, 0.15) is 63.3 Å². The molecule has 1 saturated heterocycles. The van der Waals surface area contributed by atoms with Gasteiger partial charge < -0.3 is 5.32 Å². The minimum atomic E-state index is -0.326. The van der Waals surface area contributed by atoms with Crippen LogP contribution in [0.25, 0.3) is 0 Å². The third-order valence-electron chi connectivity index (χ3n) is 6.38. The molecule has 4 rings (SSSR count). The van der Waals surface area contributed by atoms with E-state index in [1.807, 2.05) is 30.3 Å². The van der Waals surface area contributed by atoms with Gasteiger partial charge in [0, 0.05) is 37.8 Å². The average Bonchev–Trinajstić information content (AvgIpc) is 3.06. The number of fused-ring (bicyclic) bond motifs is 1. The Bertz CT molecular complexity index is 1070. The molecule has 2 heterocycles. The van der Waals surface area contributed by atoms with Gasteiger partial charge in [-0.15, -0.1) is 0 Å². The highest BCUT2D eigenvalue weighted by Crippen LogP contribution is 2.24. The number of likely N-dealkylation sites (tertiary alicyclic amines) is 1. The number of carbonyl (C=O) groups is 3. The van der Waals surface area contributed by atoms with E-state index in [4.69, 9.17) is 0 Å². The Morgan fingerprint density at radius 3 is 2.39 bits per heavy atom. The summed E-state index contributed by atoms with van der Waals surface area (Å²) in [5.74, 6) is -0.807. The van der Waals surface area contributed by atoms with Gasteiger partial charge in [0.25, 0.3) is 17.7 Å². The number of hydrogen-bond acceptors (Lipinski definition) is 4. The van der Waals surface area contributed by atoms with Crippen molar-refractivity contribution in [3.63, 3.8) is 0 Å². The van der Waals surface area contributed by atoms with Crippen molar-refractivity contribution in [2.75, 3.05) is 26.2 Å². The van der Waals surface area contributed by atoms with Crippen molar-refractivity contribution in [1.29, 1.82) is 0 Å². The molecule has 6 nitrogen and oxygen atoms in total. The molecular weight excluding hydrogens is 414 g/mol. The van der Waals surface area contributed by atoms with Crippen molar-refractivity contribution in [2.24, 2.45) is 0 Å². The third-order valence-corrected chi connectivity index (χ3v) is 6.38. The minimum absolute atomic E-state index is 0.119. The van der Waals surface area contributed by atoms with Crippen molar-refractivity contribution >= 4 is 17.7 Å². The van der Waals surface area contributed by atoms with E-state index >= 15 is 0 Å². The Labute approximate surface area is 195 Å². The van der Waals surface area contributed by atoms with Crippen LogP contribution >= 0.6 is 0 Å². The molecule has 1 N–H and O–H groups in total. The number of piperidine rings is 1. The molecule has 0 aliphatic carbocycles. The predicted octanol–water partition coefficient (Wildman–Crippen LogP) is 3.69. The molecule has 2 aliphatic rings. The van der Waals surface area contributed by atoms with Gasteiger partial charge in [-0.1, -0.05) is 42.0 Å². The SMILES string of the molecule is CC(C)=CCN1CCC(NC(=O)c2ccc3c(c2)C(=O)N(CCc2ccccc2)C3=O)CC1. The summed E-state index contributed by atoms with van der Waals surface area (Å²) in [5.41, 5.74) is 3.50. The summed E-state index contributed by atoms with van der Waals surface area (Å²) >= 11 is 0. The number of nitrogens with one attached hydrogen (secondary N) is 1. The lowest BCUT2D eigenvalue weighted by Gasteiger charge is -2.31. The molecule has 0 aromatic heterocycles. The molecule has 2 aromatic carbocycles. The second-order valence-electron chi connectivity index (χ2n) is 9.09. The lowest BCUT2D eigenvalue weighted by atomic mass is 10.0. The Hall–Kier alpha value is -3.25. The first-order chi connectivity index (χ1) is 15.9. The van der Waals surface area contributed by atoms with Crippen molar-refractivity contribution < 1.29 is 14.4 Å². The zero-order chi connectivity index (χ0) is 23.4. The monoisotopic (exact) mass is 445 g/mol. The van der Waals surface area contributed by atoms with Crippen LogP contribution in [0, 0.1) is 0 Å². The first kappa shape index (κ1) is 22.9. The molecule has 0 spiro atoms. The molecule has 2 aromatic rings. The largest absolute Gasteiger partial charge is 0.349 e. The molecule has 0 atom stereocenters. The molecule has 0 saturated carbocycles. The van der Waals surface area contributed by atoms with Crippen molar-refractivity contribution in [3.05, 3.63) is 82.4 Å². The fourth-order valence-corrected chi connectivity index (χ4v) is 4.36. The molecule has 33 heavy (non-hydrogen) atoms. The van der Waals surface area contributed by atoms with Gasteiger partial charge >= 0.3 is 0 Å². The molecule has 1 fully saturated rings. The smallest absolute Gasteiger partial charge is 0.261 e. The predicted molar refractivity (Wildman–Crippen MR) is 128 cm³/mol. The number of nitrogens with zero attached hydrogens (tertiary/aromatic N) is 2. The maximum Gasteiger partial charge on any atom is 0.261 e. The molecule has 0 bridgehead atoms. The number of amides is 3. The van der Waals surface area contributed by atoms with E-state index in [0.29, 0.717) is 29.7 Å². The molecule has 0 unspecified atom stereocenters. The minimum Gasteiger partial charge on any atom is -0.349 e. The van der Waals surface area contributed by atoms with Crippen LogP contribution < -0.4 is 5.32 Å². The van der Waals surface area contributed by atoms with E-state index in [-0.39, 0.29) is 23.8 Å². The molecule has 172 valence electrons. The quantitative estimate of drug-likeness (QED) is 0.521. The number of imide groups is 1. The Kier molecular flexibility index (Phi) is 7.04. The average molecular weight is 446 g/mol. The number of hydrogen-bond donors (Lipinski definition) is 1. The first-order valence-electron chi connectivity index (χ1n) is 11.6. The van der Waals surface area contributed by atoms with E-state index in [1.165, 1.54) is 10.5 Å². The fraction of sp³-hybridized carbons (Fsp3) is 0.370. The standard InChI is InChI=1S/C27H31N3O3/c1-19(2)10-14-29-15-12-22(13-16-29)28-25(31)21-8-9-23-24(18-21)27(33)30(26(23)32)17-11-20-6-4-3-5-7-20/h3-10,18,22H,11-17H2,1-2H3,(H,28,31). The second kappa shape index (κ2) is 10.1. The third kappa shape index (κ3) is 5.40. The van der Waals surface area contributed by atoms with Crippen LogP contribution in [0.2, 0.25) is 0 Å². The topological polar surface area (TPSA) is 69.7 Å². The van der Waals surface area contributed by atoms with Crippen molar-refractivity contribution in [1.82, 2.24) is 15.1 Å². The maximum absolute atomic E-state index is 12.9. The summed E-state index contributed by atoms with van der Waals surface area (Å²) in [6.07, 6.45) is 4.63. The van der Waals surface area contributed by atoms with E-state index in [1.54, 1.807) is 18.2 Å². The fourth-order valence-electron chi connectivity index (χ4n) is 4.36. The molecular formula is C27H31N3O3. The van der Waals surface area contributed by atoms with Crippen molar-refractivity contribution in [3.8, 4) is 0 Å². The van der Waals surface area contributed by atoms with Gasteiger partial charge in [-0.3, -0.25) is 24.2 Å². The van der Waals surface area contributed by atoms with E-state index in [2.05, 4.69) is 30.1 Å². The molecule has 6 heteroatoms. The van der Waals surface area contributed by atoms with Gasteiger partial charge in [-0.25, -0.2) is 0 Å². The summed E-state index contributed by atoms with van der Waals surface area (Å²) in [4.78, 5) is 42.2. The zero-order valence-corrected chi connectivity index (χ0v) is 19.3. The second-order valence-corrected chi connectivity index (χ2v) is 9.09. The van der Waals surface area contributed by atoms with Crippen LogP contribution in [0.3, 0.4) is 0 Å². The van der Waals surface area contributed by atoms with Crippen LogP contribution in [0.15, 0.2) is 60.2 Å². The van der Waals surface area contributed by atoms with Gasteiger partial charge in [0.2, 0.25) is 0 Å².